The van der Waals surface area contributed by atoms with E-state index in [1.54, 1.807) is 0 Å². The van der Waals surface area contributed by atoms with Crippen molar-refractivity contribution in [1.82, 2.24) is 0 Å². The van der Waals surface area contributed by atoms with Gasteiger partial charge in [0.25, 0.3) is 0 Å². The number of benzene rings is 1. The molecule has 3 rings (SSSR count). The fourth-order valence-corrected chi connectivity index (χ4v) is 3.75. The second kappa shape index (κ2) is 3.30. The van der Waals surface area contributed by atoms with Gasteiger partial charge in [0.05, 0.1) is 0 Å². The summed E-state index contributed by atoms with van der Waals surface area (Å²) in [4.78, 5) is 0. The van der Waals surface area contributed by atoms with Crippen LogP contribution in [0.15, 0.2) is 24.3 Å². The second-order valence-corrected chi connectivity index (χ2v) is 5.72. The largest absolute Gasteiger partial charge is 0.321 e. The van der Waals surface area contributed by atoms with Crippen molar-refractivity contribution < 1.29 is 4.39 Å². The molecule has 1 aromatic rings. The Morgan fingerprint density at radius 2 is 1.56 bits per heavy atom. The van der Waals surface area contributed by atoms with Gasteiger partial charge in [-0.3, -0.25) is 0 Å². The topological polar surface area (TPSA) is 26.0 Å². The van der Waals surface area contributed by atoms with Crippen molar-refractivity contribution >= 4 is 0 Å². The average Bonchev–Trinajstić information content (AvgIpc) is 2.66. The molecule has 16 heavy (non-hydrogen) atoms. The molecule has 0 amide bonds. The molecule has 2 aliphatic rings. The summed E-state index contributed by atoms with van der Waals surface area (Å²) in [7, 11) is 0. The Labute approximate surface area is 95.8 Å². The van der Waals surface area contributed by atoms with Crippen molar-refractivity contribution in [2.45, 2.75) is 44.1 Å². The van der Waals surface area contributed by atoms with Crippen LogP contribution >= 0.6 is 0 Å². The molecule has 0 bridgehead atoms. The summed E-state index contributed by atoms with van der Waals surface area (Å²) in [5.41, 5.74) is 7.86. The first-order chi connectivity index (χ1) is 7.62. The molecule has 0 saturated heterocycles. The van der Waals surface area contributed by atoms with Gasteiger partial charge >= 0.3 is 0 Å². The van der Waals surface area contributed by atoms with E-state index in [2.05, 4.69) is 0 Å². The van der Waals surface area contributed by atoms with Gasteiger partial charge in [0.15, 0.2) is 0 Å². The summed E-state index contributed by atoms with van der Waals surface area (Å²) < 4.78 is 12.9. The first kappa shape index (κ1) is 10.3. The van der Waals surface area contributed by atoms with Crippen molar-refractivity contribution in [3.8, 4) is 0 Å². The Morgan fingerprint density at radius 3 is 2.12 bits per heavy atom. The van der Waals surface area contributed by atoms with E-state index in [0.29, 0.717) is 5.41 Å². The Morgan fingerprint density at radius 1 is 1.00 bits per heavy atom. The number of halogens is 1. The molecule has 2 saturated carbocycles. The Balaban J connectivity index is 1.79. The molecule has 0 aromatic heterocycles. The SMILES string of the molecule is NC1(c2ccc(F)cc2)CC2(CCCC2)C1. The fraction of sp³-hybridized carbons (Fsp3) is 0.571. The van der Waals surface area contributed by atoms with Gasteiger partial charge in [-0.25, -0.2) is 4.39 Å². The van der Waals surface area contributed by atoms with Crippen LogP contribution in [-0.2, 0) is 5.54 Å². The lowest BCUT2D eigenvalue weighted by molar-refractivity contribution is 0.0312. The van der Waals surface area contributed by atoms with Crippen molar-refractivity contribution in [1.29, 1.82) is 0 Å². The maximum Gasteiger partial charge on any atom is 0.123 e. The maximum atomic E-state index is 12.9. The zero-order valence-electron chi connectivity index (χ0n) is 9.51. The first-order valence-corrected chi connectivity index (χ1v) is 6.17. The van der Waals surface area contributed by atoms with Crippen LogP contribution in [0.25, 0.3) is 0 Å². The lowest BCUT2D eigenvalue weighted by Gasteiger charge is -2.53. The zero-order chi connectivity index (χ0) is 11.2. The molecule has 1 nitrogen and oxygen atoms in total. The smallest absolute Gasteiger partial charge is 0.123 e. The summed E-state index contributed by atoms with van der Waals surface area (Å²) in [6.45, 7) is 0. The number of nitrogens with two attached hydrogens (primary N) is 1. The first-order valence-electron chi connectivity index (χ1n) is 6.17. The fourth-order valence-electron chi connectivity index (χ4n) is 3.75. The molecular weight excluding hydrogens is 201 g/mol. The molecule has 1 aromatic carbocycles. The third kappa shape index (κ3) is 1.47. The Hall–Kier alpha value is -0.890. The minimum absolute atomic E-state index is 0.178. The van der Waals surface area contributed by atoms with Crippen LogP contribution in [0.5, 0.6) is 0 Å². The van der Waals surface area contributed by atoms with E-state index in [0.717, 1.165) is 18.4 Å². The molecule has 1 spiro atoms. The van der Waals surface area contributed by atoms with Crippen molar-refractivity contribution in [3.05, 3.63) is 35.6 Å². The van der Waals surface area contributed by atoms with Crippen LogP contribution in [0.4, 0.5) is 4.39 Å². The summed E-state index contributed by atoms with van der Waals surface area (Å²) in [6.07, 6.45) is 7.58. The molecule has 86 valence electrons. The monoisotopic (exact) mass is 219 g/mol. The number of hydrogen-bond acceptors (Lipinski definition) is 1. The summed E-state index contributed by atoms with van der Waals surface area (Å²) in [5.74, 6) is -0.178. The van der Waals surface area contributed by atoms with Gasteiger partial charge in [0.1, 0.15) is 5.82 Å². The van der Waals surface area contributed by atoms with Crippen LogP contribution in [0.2, 0.25) is 0 Å². The normalized spacial score (nSPS) is 25.6. The predicted molar refractivity (Wildman–Crippen MR) is 62.4 cm³/mol. The number of hydrogen-bond donors (Lipinski definition) is 1. The molecule has 0 aliphatic heterocycles. The van der Waals surface area contributed by atoms with Crippen LogP contribution < -0.4 is 5.73 Å². The summed E-state index contributed by atoms with van der Waals surface area (Å²) >= 11 is 0. The summed E-state index contributed by atoms with van der Waals surface area (Å²) in [5, 5.41) is 0. The van der Waals surface area contributed by atoms with Crippen LogP contribution in [-0.4, -0.2) is 0 Å². The molecule has 0 radical (unpaired) electrons. The van der Waals surface area contributed by atoms with E-state index < -0.39 is 0 Å². The van der Waals surface area contributed by atoms with E-state index in [-0.39, 0.29) is 11.4 Å². The highest BCUT2D eigenvalue weighted by Gasteiger charge is 2.53. The average molecular weight is 219 g/mol. The third-order valence-corrected chi connectivity index (χ3v) is 4.46. The van der Waals surface area contributed by atoms with Gasteiger partial charge in [-0.15, -0.1) is 0 Å². The molecular formula is C14H18FN. The molecule has 0 unspecified atom stereocenters. The molecule has 0 heterocycles. The van der Waals surface area contributed by atoms with Crippen molar-refractivity contribution in [3.63, 3.8) is 0 Å². The highest BCUT2D eigenvalue weighted by atomic mass is 19.1. The van der Waals surface area contributed by atoms with Gasteiger partial charge in [-0.05, 0) is 48.8 Å². The second-order valence-electron chi connectivity index (χ2n) is 5.72. The minimum atomic E-state index is -0.183. The molecule has 2 fully saturated rings. The summed E-state index contributed by atoms with van der Waals surface area (Å²) in [6, 6.07) is 6.72. The van der Waals surface area contributed by atoms with E-state index in [1.807, 2.05) is 12.1 Å². The van der Waals surface area contributed by atoms with Crippen LogP contribution in [0, 0.1) is 11.2 Å². The molecule has 2 heteroatoms. The van der Waals surface area contributed by atoms with Gasteiger partial charge < -0.3 is 5.73 Å². The maximum absolute atomic E-state index is 12.9. The number of rotatable bonds is 1. The predicted octanol–water partition coefficient (Wildman–Crippen LogP) is 3.33. The van der Waals surface area contributed by atoms with Crippen molar-refractivity contribution in [2.24, 2.45) is 11.1 Å². The highest BCUT2D eigenvalue weighted by molar-refractivity contribution is 5.29. The minimum Gasteiger partial charge on any atom is -0.321 e. The lowest BCUT2D eigenvalue weighted by atomic mass is 9.55. The zero-order valence-corrected chi connectivity index (χ0v) is 9.51. The quantitative estimate of drug-likeness (QED) is 0.770. The highest BCUT2D eigenvalue weighted by Crippen LogP contribution is 2.60. The van der Waals surface area contributed by atoms with Gasteiger partial charge in [-0.1, -0.05) is 25.0 Å². The van der Waals surface area contributed by atoms with Gasteiger partial charge in [0, 0.05) is 5.54 Å². The standard InChI is InChI=1S/C14H18FN/c15-12-5-3-11(4-6-12)14(16)9-13(10-14)7-1-2-8-13/h3-6H,1-2,7-10,16H2. The lowest BCUT2D eigenvalue weighted by Crippen LogP contribution is -2.54. The van der Waals surface area contributed by atoms with Gasteiger partial charge in [-0.2, -0.15) is 0 Å². The molecule has 2 aliphatic carbocycles. The van der Waals surface area contributed by atoms with E-state index in [4.69, 9.17) is 5.73 Å². The van der Waals surface area contributed by atoms with E-state index >= 15 is 0 Å². The van der Waals surface area contributed by atoms with E-state index in [1.165, 1.54) is 37.8 Å². The van der Waals surface area contributed by atoms with E-state index in [9.17, 15) is 4.39 Å². The van der Waals surface area contributed by atoms with Gasteiger partial charge in [0.2, 0.25) is 0 Å². The van der Waals surface area contributed by atoms with Crippen LogP contribution in [0.3, 0.4) is 0 Å². The van der Waals surface area contributed by atoms with Crippen LogP contribution in [0.1, 0.15) is 44.1 Å². The third-order valence-electron chi connectivity index (χ3n) is 4.46. The molecule has 0 atom stereocenters. The molecule has 2 N–H and O–H groups in total. The Bertz CT molecular complexity index is 382. The van der Waals surface area contributed by atoms with Crippen molar-refractivity contribution in [2.75, 3.05) is 0 Å². The Kier molecular flexibility index (Phi) is 2.12.